The van der Waals surface area contributed by atoms with Crippen molar-refractivity contribution in [3.63, 3.8) is 0 Å². The predicted molar refractivity (Wildman–Crippen MR) is 114 cm³/mol. The van der Waals surface area contributed by atoms with Crippen LogP contribution < -0.4 is 10.1 Å². The van der Waals surface area contributed by atoms with Gasteiger partial charge in [0.25, 0.3) is 0 Å². The summed E-state index contributed by atoms with van der Waals surface area (Å²) in [5, 5.41) is 3.91. The van der Waals surface area contributed by atoms with E-state index in [1.54, 1.807) is 23.3 Å². The largest absolute Gasteiger partial charge is 0.488 e. The molecule has 2 heterocycles. The molecule has 0 bridgehead atoms. The van der Waals surface area contributed by atoms with Crippen LogP contribution in [-0.2, 0) is 17.8 Å². The second kappa shape index (κ2) is 8.80. The van der Waals surface area contributed by atoms with Gasteiger partial charge in [0.2, 0.25) is 0 Å². The van der Waals surface area contributed by atoms with E-state index in [9.17, 15) is 4.79 Å². The number of hydrogen-bond acceptors (Lipinski definition) is 5. The molecule has 1 saturated heterocycles. The highest BCUT2D eigenvalue weighted by atomic mass is 32.1. The summed E-state index contributed by atoms with van der Waals surface area (Å²) in [7, 11) is 1.78. The minimum Gasteiger partial charge on any atom is -0.488 e. The zero-order valence-corrected chi connectivity index (χ0v) is 17.5. The lowest BCUT2D eigenvalue weighted by atomic mass is 10.1. The molecule has 7 heteroatoms. The molecule has 4 rings (SSSR count). The molecular weight excluding hydrogens is 386 g/mol. The summed E-state index contributed by atoms with van der Waals surface area (Å²) in [6, 6.07) is 13.9. The maximum atomic E-state index is 12.6. The Morgan fingerprint density at radius 1 is 1.34 bits per heavy atom. The third kappa shape index (κ3) is 4.86. The van der Waals surface area contributed by atoms with E-state index in [0.29, 0.717) is 19.7 Å². The summed E-state index contributed by atoms with van der Waals surface area (Å²) in [5.74, 6) is 0.814. The van der Waals surface area contributed by atoms with E-state index >= 15 is 0 Å². The molecule has 0 saturated carbocycles. The number of para-hydroxylation sites is 1. The third-order valence-corrected chi connectivity index (χ3v) is 5.91. The standard InChI is InChI=1S/C22H25N3O3S/c1-15-7-8-16(19(11-15)28-17-9-10-27-14-17)12-23-22(26)25(2)13-21-24-18-5-3-4-6-20(18)29-21/h3-8,11,17H,9-10,12-14H2,1-2H3,(H,23,26). The molecule has 1 aromatic heterocycles. The summed E-state index contributed by atoms with van der Waals surface area (Å²) in [6.45, 7) is 4.27. The van der Waals surface area contributed by atoms with E-state index in [0.717, 1.165) is 45.1 Å². The average Bonchev–Trinajstić information content (AvgIpc) is 3.36. The SMILES string of the molecule is Cc1ccc(CNC(=O)N(C)Cc2nc3ccccc3s2)c(OC2CCOC2)c1. The number of thiazole rings is 1. The van der Waals surface area contributed by atoms with E-state index in [4.69, 9.17) is 9.47 Å². The van der Waals surface area contributed by atoms with Gasteiger partial charge in [0.15, 0.2) is 0 Å². The number of urea groups is 1. The summed E-state index contributed by atoms with van der Waals surface area (Å²) in [4.78, 5) is 18.8. The van der Waals surface area contributed by atoms with Crippen LogP contribution >= 0.6 is 11.3 Å². The molecule has 1 aliphatic heterocycles. The number of rotatable bonds is 6. The van der Waals surface area contributed by atoms with Crippen LogP contribution in [0.5, 0.6) is 5.75 Å². The molecule has 0 spiro atoms. The molecule has 1 aliphatic rings. The smallest absolute Gasteiger partial charge is 0.317 e. The Hall–Kier alpha value is -2.64. The fourth-order valence-electron chi connectivity index (χ4n) is 3.27. The molecule has 0 radical (unpaired) electrons. The van der Waals surface area contributed by atoms with Gasteiger partial charge in [-0.25, -0.2) is 9.78 Å². The van der Waals surface area contributed by atoms with Gasteiger partial charge in [-0.15, -0.1) is 11.3 Å². The van der Waals surface area contributed by atoms with E-state index in [-0.39, 0.29) is 12.1 Å². The summed E-state index contributed by atoms with van der Waals surface area (Å²) >= 11 is 1.61. The van der Waals surface area contributed by atoms with E-state index < -0.39 is 0 Å². The first-order valence-electron chi connectivity index (χ1n) is 9.76. The number of benzene rings is 2. The topological polar surface area (TPSA) is 63.7 Å². The van der Waals surface area contributed by atoms with Gasteiger partial charge in [0.1, 0.15) is 16.9 Å². The minimum atomic E-state index is -0.139. The molecular formula is C22H25N3O3S. The molecule has 2 amide bonds. The van der Waals surface area contributed by atoms with Crippen molar-refractivity contribution in [1.29, 1.82) is 0 Å². The molecule has 6 nitrogen and oxygen atoms in total. The van der Waals surface area contributed by atoms with Gasteiger partial charge in [0.05, 0.1) is 30.0 Å². The normalized spacial score (nSPS) is 16.1. The lowest BCUT2D eigenvalue weighted by molar-refractivity contribution is 0.140. The zero-order chi connectivity index (χ0) is 20.2. The van der Waals surface area contributed by atoms with Gasteiger partial charge in [-0.05, 0) is 30.7 Å². The first kappa shape index (κ1) is 19.7. The Bertz CT molecular complexity index is 965. The fraction of sp³-hybridized carbons (Fsp3) is 0.364. The second-order valence-electron chi connectivity index (χ2n) is 7.30. The predicted octanol–water partition coefficient (Wildman–Crippen LogP) is 4.11. The third-order valence-electron chi connectivity index (χ3n) is 4.89. The van der Waals surface area contributed by atoms with Gasteiger partial charge in [-0.2, -0.15) is 0 Å². The van der Waals surface area contributed by atoms with Gasteiger partial charge >= 0.3 is 6.03 Å². The Morgan fingerprint density at radius 3 is 3.00 bits per heavy atom. The average molecular weight is 412 g/mol. The van der Waals surface area contributed by atoms with E-state index in [1.165, 1.54) is 0 Å². The van der Waals surface area contributed by atoms with Gasteiger partial charge < -0.3 is 19.7 Å². The lowest BCUT2D eigenvalue weighted by Gasteiger charge is -2.19. The van der Waals surface area contributed by atoms with Crippen LogP contribution in [0, 0.1) is 6.92 Å². The van der Waals surface area contributed by atoms with Crippen molar-refractivity contribution in [2.24, 2.45) is 0 Å². The number of amides is 2. The number of aromatic nitrogens is 1. The highest BCUT2D eigenvalue weighted by Crippen LogP contribution is 2.24. The Kier molecular flexibility index (Phi) is 5.97. The molecule has 0 aliphatic carbocycles. The number of nitrogens with one attached hydrogen (secondary N) is 1. The van der Waals surface area contributed by atoms with Crippen LogP contribution in [0.3, 0.4) is 0 Å². The van der Waals surface area contributed by atoms with Crippen LogP contribution in [0.15, 0.2) is 42.5 Å². The fourth-order valence-corrected chi connectivity index (χ4v) is 4.29. The number of nitrogens with zero attached hydrogens (tertiary/aromatic N) is 2. The van der Waals surface area contributed by atoms with Crippen LogP contribution in [-0.4, -0.2) is 42.3 Å². The highest BCUT2D eigenvalue weighted by Gasteiger charge is 2.19. The lowest BCUT2D eigenvalue weighted by Crippen LogP contribution is -2.36. The molecule has 2 aromatic carbocycles. The number of hydrogen-bond donors (Lipinski definition) is 1. The Morgan fingerprint density at radius 2 is 2.21 bits per heavy atom. The molecule has 1 N–H and O–H groups in total. The van der Waals surface area contributed by atoms with E-state index in [1.807, 2.05) is 49.4 Å². The number of fused-ring (bicyclic) bond motifs is 1. The quantitative estimate of drug-likeness (QED) is 0.663. The maximum Gasteiger partial charge on any atom is 0.317 e. The first-order chi connectivity index (χ1) is 14.1. The minimum absolute atomic E-state index is 0.0768. The van der Waals surface area contributed by atoms with Crippen LogP contribution in [0.1, 0.15) is 22.6 Å². The molecule has 152 valence electrons. The molecule has 3 aromatic rings. The molecule has 1 atom stereocenters. The van der Waals surface area contributed by atoms with E-state index in [2.05, 4.69) is 10.3 Å². The maximum absolute atomic E-state index is 12.6. The molecule has 29 heavy (non-hydrogen) atoms. The summed E-state index contributed by atoms with van der Waals surface area (Å²) < 4.78 is 12.6. The number of carbonyl (C=O) groups excluding carboxylic acids is 1. The van der Waals surface area contributed by atoms with Crippen molar-refractivity contribution in [3.05, 3.63) is 58.6 Å². The van der Waals surface area contributed by atoms with Crippen molar-refractivity contribution in [1.82, 2.24) is 15.2 Å². The molecule has 1 fully saturated rings. The van der Waals surface area contributed by atoms with Crippen molar-refractivity contribution >= 4 is 27.6 Å². The van der Waals surface area contributed by atoms with Gasteiger partial charge in [0, 0.05) is 25.6 Å². The number of aryl methyl sites for hydroxylation is 1. The van der Waals surface area contributed by atoms with Crippen LogP contribution in [0.25, 0.3) is 10.2 Å². The van der Waals surface area contributed by atoms with Gasteiger partial charge in [-0.3, -0.25) is 0 Å². The van der Waals surface area contributed by atoms with Crippen LogP contribution in [0.4, 0.5) is 4.79 Å². The molecule has 1 unspecified atom stereocenters. The Labute approximate surface area is 174 Å². The second-order valence-corrected chi connectivity index (χ2v) is 8.42. The van der Waals surface area contributed by atoms with Crippen molar-refractivity contribution < 1.29 is 14.3 Å². The van der Waals surface area contributed by atoms with Crippen molar-refractivity contribution in [2.45, 2.75) is 32.5 Å². The monoisotopic (exact) mass is 411 g/mol. The van der Waals surface area contributed by atoms with Crippen LogP contribution in [0.2, 0.25) is 0 Å². The van der Waals surface area contributed by atoms with Crippen molar-refractivity contribution in [3.8, 4) is 5.75 Å². The zero-order valence-electron chi connectivity index (χ0n) is 16.7. The summed E-state index contributed by atoms with van der Waals surface area (Å²) in [5.41, 5.74) is 3.06. The summed E-state index contributed by atoms with van der Waals surface area (Å²) in [6.07, 6.45) is 0.970. The number of carbonyl (C=O) groups is 1. The Balaban J connectivity index is 1.37. The van der Waals surface area contributed by atoms with Crippen molar-refractivity contribution in [2.75, 3.05) is 20.3 Å². The number of ether oxygens (including phenoxy) is 2. The first-order valence-corrected chi connectivity index (χ1v) is 10.6. The van der Waals surface area contributed by atoms with Gasteiger partial charge in [-0.1, -0.05) is 24.3 Å². The highest BCUT2D eigenvalue weighted by molar-refractivity contribution is 7.18.